The molecule has 0 fully saturated rings. The number of fused-ring (bicyclic) bond motifs is 11. The van der Waals surface area contributed by atoms with Crippen LogP contribution in [-0.2, 0) is 0 Å². The number of rotatable bonds is 5. The van der Waals surface area contributed by atoms with E-state index in [9.17, 15) is 0 Å². The highest BCUT2D eigenvalue weighted by molar-refractivity contribution is 7.99. The summed E-state index contributed by atoms with van der Waals surface area (Å²) in [4.78, 5) is 18.1. The van der Waals surface area contributed by atoms with Crippen molar-refractivity contribution in [3.8, 4) is 56.7 Å². The van der Waals surface area contributed by atoms with E-state index in [0.29, 0.717) is 17.5 Å². The van der Waals surface area contributed by atoms with Gasteiger partial charge in [-0.2, -0.15) is 0 Å². The van der Waals surface area contributed by atoms with Gasteiger partial charge in [-0.25, -0.2) is 15.0 Å². The molecule has 9 aromatic carbocycles. The molecule has 0 saturated heterocycles. The molecular weight excluding hydrogens is 819 g/mol. The number of nitrogens with zero attached hydrogens (tertiary/aromatic N) is 5. The maximum atomic E-state index is 5.24. The van der Waals surface area contributed by atoms with E-state index < -0.39 is 0 Å². The van der Waals surface area contributed by atoms with E-state index in [0.717, 1.165) is 38.9 Å². The Balaban J connectivity index is 0.918. The SMILES string of the molecule is c1ccc(-n2c3ccccc3c3c4cccc5c4n(c32)-c2cc(-c3ccc(-c4nc(-c6ccc7ccccc7c6)nc(-c6cccc7c6sc6ccccc67)n4)cc3)ccc2S5)cc1. The summed E-state index contributed by atoms with van der Waals surface area (Å²) >= 11 is 3.64. The van der Waals surface area contributed by atoms with Crippen molar-refractivity contribution in [3.05, 3.63) is 200 Å². The Labute approximate surface area is 375 Å². The van der Waals surface area contributed by atoms with Crippen LogP contribution in [0.5, 0.6) is 0 Å². The summed E-state index contributed by atoms with van der Waals surface area (Å²) in [5.41, 5.74) is 11.1. The Hall–Kier alpha value is -7.84. The second-order valence-corrected chi connectivity index (χ2v) is 18.5. The molecule has 5 heterocycles. The van der Waals surface area contributed by atoms with E-state index >= 15 is 0 Å². The monoisotopic (exact) mass is 851 g/mol. The van der Waals surface area contributed by atoms with Crippen molar-refractivity contribution in [1.82, 2.24) is 24.1 Å². The van der Waals surface area contributed by atoms with Crippen LogP contribution in [0.25, 0.3) is 120 Å². The van der Waals surface area contributed by atoms with Gasteiger partial charge in [0.1, 0.15) is 5.65 Å². The normalized spacial score (nSPS) is 12.3. The quantitative estimate of drug-likeness (QED) is 0.173. The summed E-state index contributed by atoms with van der Waals surface area (Å²) in [6.45, 7) is 0. The summed E-state index contributed by atoms with van der Waals surface area (Å²) in [6.07, 6.45) is 0. The lowest BCUT2D eigenvalue weighted by atomic mass is 10.0. The van der Waals surface area contributed by atoms with Crippen LogP contribution in [0.1, 0.15) is 0 Å². The van der Waals surface area contributed by atoms with Gasteiger partial charge in [0, 0.05) is 68.5 Å². The molecule has 64 heavy (non-hydrogen) atoms. The number of para-hydroxylation sites is 3. The van der Waals surface area contributed by atoms with Crippen LogP contribution in [0.4, 0.5) is 0 Å². The zero-order valence-electron chi connectivity index (χ0n) is 34.1. The van der Waals surface area contributed by atoms with Crippen LogP contribution >= 0.6 is 23.1 Å². The Kier molecular flexibility index (Phi) is 7.72. The lowest BCUT2D eigenvalue weighted by Crippen LogP contribution is -2.06. The van der Waals surface area contributed by atoms with Crippen molar-refractivity contribution in [2.45, 2.75) is 9.79 Å². The smallest absolute Gasteiger partial charge is 0.165 e. The molecule has 1 aliphatic heterocycles. The minimum atomic E-state index is 0.641. The van der Waals surface area contributed by atoms with Gasteiger partial charge in [0.05, 0.1) is 16.7 Å². The number of thiophene rings is 1. The van der Waals surface area contributed by atoms with Crippen LogP contribution in [0, 0.1) is 0 Å². The van der Waals surface area contributed by atoms with E-state index in [4.69, 9.17) is 15.0 Å². The maximum Gasteiger partial charge on any atom is 0.165 e. The molecule has 13 aromatic rings. The molecular formula is C57H33N5S2. The molecule has 0 atom stereocenters. The highest BCUT2D eigenvalue weighted by Crippen LogP contribution is 2.50. The van der Waals surface area contributed by atoms with Gasteiger partial charge in [0.25, 0.3) is 0 Å². The molecule has 0 unspecified atom stereocenters. The number of aromatic nitrogens is 5. The van der Waals surface area contributed by atoms with E-state index in [-0.39, 0.29) is 0 Å². The Morgan fingerprint density at radius 3 is 1.97 bits per heavy atom. The summed E-state index contributed by atoms with van der Waals surface area (Å²) in [5.74, 6) is 1.96. The molecule has 0 spiro atoms. The number of hydrogen-bond donors (Lipinski definition) is 0. The van der Waals surface area contributed by atoms with Gasteiger partial charge in [-0.15, -0.1) is 11.3 Å². The number of benzene rings is 9. The summed E-state index contributed by atoms with van der Waals surface area (Å²) < 4.78 is 7.37. The van der Waals surface area contributed by atoms with Crippen LogP contribution in [0.2, 0.25) is 0 Å². The van der Waals surface area contributed by atoms with Crippen LogP contribution < -0.4 is 0 Å². The molecule has 298 valence electrons. The van der Waals surface area contributed by atoms with Crippen LogP contribution in [0.15, 0.2) is 210 Å². The van der Waals surface area contributed by atoms with Gasteiger partial charge >= 0.3 is 0 Å². The molecule has 5 nitrogen and oxygen atoms in total. The Morgan fingerprint density at radius 1 is 0.406 bits per heavy atom. The predicted molar refractivity (Wildman–Crippen MR) is 267 cm³/mol. The molecule has 7 heteroatoms. The van der Waals surface area contributed by atoms with Crippen LogP contribution in [-0.4, -0.2) is 24.1 Å². The standard InChI is InChI=1S/C57H33N5S2/c1-2-14-40(15-3-1)61-46-21-8-6-17-43(46)51-44-19-11-23-50-52(44)62(57(51)61)47-33-38(30-31-49(47)63-50)35-24-27-36(28-25-35)54-58-55(39-29-26-34-12-4-5-13-37(34)32-39)60-56(59-54)45-20-10-18-42-41-16-7-9-22-48(41)64-53(42)45/h1-33H. The zero-order chi connectivity index (χ0) is 41.9. The average molecular weight is 852 g/mol. The average Bonchev–Trinajstić information content (AvgIpc) is 4.03. The largest absolute Gasteiger partial charge is 0.295 e. The van der Waals surface area contributed by atoms with E-state index in [1.807, 2.05) is 11.8 Å². The first-order chi connectivity index (χ1) is 31.7. The van der Waals surface area contributed by atoms with Crippen molar-refractivity contribution in [1.29, 1.82) is 0 Å². The summed E-state index contributed by atoms with van der Waals surface area (Å²) in [5, 5.41) is 8.60. The molecule has 14 rings (SSSR count). The van der Waals surface area contributed by atoms with E-state index in [1.165, 1.54) is 73.9 Å². The van der Waals surface area contributed by atoms with Crippen molar-refractivity contribution < 1.29 is 0 Å². The van der Waals surface area contributed by atoms with Crippen molar-refractivity contribution in [3.63, 3.8) is 0 Å². The molecule has 0 radical (unpaired) electrons. The molecule has 0 N–H and O–H groups in total. The fourth-order valence-electron chi connectivity index (χ4n) is 9.81. The van der Waals surface area contributed by atoms with Crippen molar-refractivity contribution in [2.24, 2.45) is 0 Å². The first kappa shape index (κ1) is 35.7. The second-order valence-electron chi connectivity index (χ2n) is 16.4. The molecule has 1 aliphatic rings. The minimum absolute atomic E-state index is 0.641. The first-order valence-corrected chi connectivity index (χ1v) is 23.1. The number of hydrogen-bond acceptors (Lipinski definition) is 5. The third kappa shape index (κ3) is 5.35. The van der Waals surface area contributed by atoms with Gasteiger partial charge in [0.2, 0.25) is 0 Å². The Morgan fingerprint density at radius 2 is 1.08 bits per heavy atom. The van der Waals surface area contributed by atoms with Gasteiger partial charge in [0.15, 0.2) is 17.5 Å². The van der Waals surface area contributed by atoms with Gasteiger partial charge in [-0.05, 0) is 76.5 Å². The zero-order valence-corrected chi connectivity index (χ0v) is 35.7. The molecule has 4 aromatic heterocycles. The van der Waals surface area contributed by atoms with Gasteiger partial charge in [-0.3, -0.25) is 9.13 Å². The highest BCUT2D eigenvalue weighted by Gasteiger charge is 2.28. The van der Waals surface area contributed by atoms with Gasteiger partial charge < -0.3 is 0 Å². The molecule has 0 bridgehead atoms. The third-order valence-corrected chi connectivity index (χ3v) is 15.1. The summed E-state index contributed by atoms with van der Waals surface area (Å²) in [7, 11) is 0. The second kappa shape index (κ2) is 13.8. The molecule has 0 amide bonds. The van der Waals surface area contributed by atoms with Crippen LogP contribution in [0.3, 0.4) is 0 Å². The van der Waals surface area contributed by atoms with Crippen molar-refractivity contribution in [2.75, 3.05) is 0 Å². The summed E-state index contributed by atoms with van der Waals surface area (Å²) in [6, 6.07) is 71.8. The minimum Gasteiger partial charge on any atom is -0.295 e. The first-order valence-electron chi connectivity index (χ1n) is 21.4. The highest BCUT2D eigenvalue weighted by atomic mass is 32.2. The molecule has 0 aliphatic carbocycles. The third-order valence-electron chi connectivity index (χ3n) is 12.8. The fourth-order valence-corrected chi connectivity index (χ4v) is 12.1. The lowest BCUT2D eigenvalue weighted by molar-refractivity contribution is 1.03. The van der Waals surface area contributed by atoms with Crippen molar-refractivity contribution >= 4 is 86.9 Å². The predicted octanol–water partition coefficient (Wildman–Crippen LogP) is 15.6. The topological polar surface area (TPSA) is 48.5 Å². The van der Waals surface area contributed by atoms with E-state index in [2.05, 4.69) is 209 Å². The van der Waals surface area contributed by atoms with Gasteiger partial charge in [-0.1, -0.05) is 157 Å². The maximum absolute atomic E-state index is 5.24. The Bertz CT molecular complexity index is 4050. The molecule has 0 saturated carbocycles. The lowest BCUT2D eigenvalue weighted by Gasteiger charge is -2.22. The van der Waals surface area contributed by atoms with E-state index in [1.54, 1.807) is 11.3 Å². The fraction of sp³-hybridized carbons (Fsp3) is 0.